The molecule has 0 bridgehead atoms. The normalized spacial score (nSPS) is 12.4. The van der Waals surface area contributed by atoms with Crippen LogP contribution >= 0.6 is 0 Å². The van der Waals surface area contributed by atoms with Crippen LogP contribution in [0.4, 0.5) is 4.39 Å². The first-order chi connectivity index (χ1) is 8.70. The molecular weight excluding hydrogens is 235 g/mol. The van der Waals surface area contributed by atoms with Crippen molar-refractivity contribution in [2.24, 2.45) is 0 Å². The third kappa shape index (κ3) is 2.84. The molecule has 6 heteroatoms. The van der Waals surface area contributed by atoms with Crippen LogP contribution in [0.15, 0.2) is 24.5 Å². The smallest absolute Gasteiger partial charge is 0.165 e. The minimum absolute atomic E-state index is 0.00973. The lowest BCUT2D eigenvalue weighted by Gasteiger charge is -2.14. The van der Waals surface area contributed by atoms with Gasteiger partial charge in [0.1, 0.15) is 12.2 Å². The zero-order valence-corrected chi connectivity index (χ0v) is 10.3. The Morgan fingerprint density at radius 2 is 2.33 bits per heavy atom. The number of benzene rings is 1. The molecule has 0 aliphatic carbocycles. The number of hydrogen-bond acceptors (Lipinski definition) is 4. The van der Waals surface area contributed by atoms with Crippen LogP contribution in [0, 0.1) is 5.82 Å². The Morgan fingerprint density at radius 1 is 1.50 bits per heavy atom. The van der Waals surface area contributed by atoms with Crippen LogP contribution in [0.2, 0.25) is 0 Å². The fourth-order valence-corrected chi connectivity index (χ4v) is 1.64. The summed E-state index contributed by atoms with van der Waals surface area (Å²) in [6.45, 7) is 2.51. The summed E-state index contributed by atoms with van der Waals surface area (Å²) < 4.78 is 18.4. The SMILES string of the molecule is COc1ccc(C(C)NCc2ncn[nH]2)cc1F. The third-order valence-corrected chi connectivity index (χ3v) is 2.72. The number of nitrogens with one attached hydrogen (secondary N) is 2. The number of aromatic amines is 1. The molecule has 0 amide bonds. The molecule has 5 nitrogen and oxygen atoms in total. The van der Waals surface area contributed by atoms with Crippen LogP contribution in [0.5, 0.6) is 5.75 Å². The lowest BCUT2D eigenvalue weighted by atomic mass is 10.1. The number of nitrogens with zero attached hydrogens (tertiary/aromatic N) is 2. The summed E-state index contributed by atoms with van der Waals surface area (Å²) in [7, 11) is 1.45. The lowest BCUT2D eigenvalue weighted by Crippen LogP contribution is -2.19. The van der Waals surface area contributed by atoms with E-state index in [1.54, 1.807) is 6.07 Å². The zero-order valence-electron chi connectivity index (χ0n) is 10.3. The largest absolute Gasteiger partial charge is 0.494 e. The maximum Gasteiger partial charge on any atom is 0.165 e. The van der Waals surface area contributed by atoms with Crippen molar-refractivity contribution in [2.75, 3.05) is 7.11 Å². The van der Waals surface area contributed by atoms with E-state index < -0.39 is 0 Å². The van der Waals surface area contributed by atoms with Crippen molar-refractivity contribution in [3.63, 3.8) is 0 Å². The van der Waals surface area contributed by atoms with Gasteiger partial charge in [-0.1, -0.05) is 6.07 Å². The molecule has 0 saturated carbocycles. The number of methoxy groups -OCH3 is 1. The Morgan fingerprint density at radius 3 is 2.94 bits per heavy atom. The number of halogens is 1. The lowest BCUT2D eigenvalue weighted by molar-refractivity contribution is 0.385. The summed E-state index contributed by atoms with van der Waals surface area (Å²) in [5, 5.41) is 9.74. The van der Waals surface area contributed by atoms with E-state index in [0.717, 1.165) is 11.4 Å². The van der Waals surface area contributed by atoms with Gasteiger partial charge >= 0.3 is 0 Å². The number of H-pyrrole nitrogens is 1. The Hall–Kier alpha value is -1.95. The Balaban J connectivity index is 2.00. The minimum atomic E-state index is -0.358. The Kier molecular flexibility index (Phi) is 3.88. The van der Waals surface area contributed by atoms with E-state index >= 15 is 0 Å². The van der Waals surface area contributed by atoms with Crippen molar-refractivity contribution in [3.8, 4) is 5.75 Å². The van der Waals surface area contributed by atoms with Crippen molar-refractivity contribution in [3.05, 3.63) is 41.7 Å². The number of rotatable bonds is 5. The van der Waals surface area contributed by atoms with Gasteiger partial charge in [0.15, 0.2) is 11.6 Å². The summed E-state index contributed by atoms with van der Waals surface area (Å²) >= 11 is 0. The first kappa shape index (κ1) is 12.5. The molecule has 2 aromatic rings. The maximum atomic E-state index is 13.5. The van der Waals surface area contributed by atoms with Crippen LogP contribution in [0.1, 0.15) is 24.4 Å². The highest BCUT2D eigenvalue weighted by molar-refractivity contribution is 5.30. The van der Waals surface area contributed by atoms with E-state index in [2.05, 4.69) is 20.5 Å². The molecule has 0 spiro atoms. The van der Waals surface area contributed by atoms with Crippen molar-refractivity contribution >= 4 is 0 Å². The van der Waals surface area contributed by atoms with E-state index in [1.165, 1.54) is 19.5 Å². The fourth-order valence-electron chi connectivity index (χ4n) is 1.64. The molecule has 0 fully saturated rings. The average molecular weight is 250 g/mol. The van der Waals surface area contributed by atoms with Gasteiger partial charge < -0.3 is 10.1 Å². The summed E-state index contributed by atoms with van der Waals surface area (Å²) in [4.78, 5) is 4.00. The number of aromatic nitrogens is 3. The molecule has 0 aliphatic rings. The van der Waals surface area contributed by atoms with Crippen molar-refractivity contribution < 1.29 is 9.13 Å². The summed E-state index contributed by atoms with van der Waals surface area (Å²) in [5.41, 5.74) is 0.854. The van der Waals surface area contributed by atoms with Gasteiger partial charge in [0.05, 0.1) is 13.7 Å². The molecular formula is C12H15FN4O. The number of ether oxygens (including phenoxy) is 1. The third-order valence-electron chi connectivity index (χ3n) is 2.72. The molecule has 18 heavy (non-hydrogen) atoms. The van der Waals surface area contributed by atoms with Crippen LogP contribution in [-0.2, 0) is 6.54 Å². The molecule has 2 N–H and O–H groups in total. The summed E-state index contributed by atoms with van der Waals surface area (Å²) in [6.07, 6.45) is 1.45. The van der Waals surface area contributed by atoms with E-state index in [0.29, 0.717) is 6.54 Å². The van der Waals surface area contributed by atoms with E-state index in [1.807, 2.05) is 13.0 Å². The molecule has 1 aromatic heterocycles. The Bertz CT molecular complexity index is 501. The van der Waals surface area contributed by atoms with Gasteiger partial charge in [0.2, 0.25) is 0 Å². The predicted octanol–water partition coefficient (Wildman–Crippen LogP) is 1.80. The molecule has 1 aromatic carbocycles. The second kappa shape index (κ2) is 5.59. The van der Waals surface area contributed by atoms with Crippen molar-refractivity contribution in [1.82, 2.24) is 20.5 Å². The van der Waals surface area contributed by atoms with Crippen molar-refractivity contribution in [1.29, 1.82) is 0 Å². The molecule has 0 radical (unpaired) electrons. The second-order valence-corrected chi connectivity index (χ2v) is 3.93. The van der Waals surface area contributed by atoms with E-state index in [9.17, 15) is 4.39 Å². The quantitative estimate of drug-likeness (QED) is 0.849. The maximum absolute atomic E-state index is 13.5. The molecule has 1 unspecified atom stereocenters. The van der Waals surface area contributed by atoms with Gasteiger partial charge in [-0.3, -0.25) is 5.10 Å². The number of hydrogen-bond donors (Lipinski definition) is 2. The highest BCUT2D eigenvalue weighted by atomic mass is 19.1. The van der Waals surface area contributed by atoms with Crippen LogP contribution in [0.25, 0.3) is 0 Å². The van der Waals surface area contributed by atoms with Crippen LogP contribution in [-0.4, -0.2) is 22.3 Å². The highest BCUT2D eigenvalue weighted by Gasteiger charge is 2.09. The summed E-state index contributed by atoms with van der Waals surface area (Å²) in [6, 6.07) is 4.93. The topological polar surface area (TPSA) is 62.8 Å². The van der Waals surface area contributed by atoms with E-state index in [4.69, 9.17) is 4.74 Å². The molecule has 2 rings (SSSR count). The second-order valence-electron chi connectivity index (χ2n) is 3.93. The molecule has 96 valence electrons. The van der Waals surface area contributed by atoms with Gasteiger partial charge in [-0.15, -0.1) is 0 Å². The molecule has 1 heterocycles. The van der Waals surface area contributed by atoms with Crippen LogP contribution in [0.3, 0.4) is 0 Å². The zero-order chi connectivity index (χ0) is 13.0. The van der Waals surface area contributed by atoms with Gasteiger partial charge in [-0.25, -0.2) is 9.37 Å². The first-order valence-corrected chi connectivity index (χ1v) is 5.61. The average Bonchev–Trinajstić information content (AvgIpc) is 2.89. The molecule has 0 saturated heterocycles. The summed E-state index contributed by atoms with van der Waals surface area (Å²) in [5.74, 6) is 0.639. The van der Waals surface area contributed by atoms with Gasteiger partial charge in [0, 0.05) is 6.04 Å². The van der Waals surface area contributed by atoms with Gasteiger partial charge in [-0.2, -0.15) is 5.10 Å². The van der Waals surface area contributed by atoms with Crippen molar-refractivity contribution in [2.45, 2.75) is 19.5 Å². The van der Waals surface area contributed by atoms with Crippen LogP contribution < -0.4 is 10.1 Å². The molecule has 1 atom stereocenters. The van der Waals surface area contributed by atoms with E-state index in [-0.39, 0.29) is 17.6 Å². The highest BCUT2D eigenvalue weighted by Crippen LogP contribution is 2.21. The first-order valence-electron chi connectivity index (χ1n) is 5.61. The Labute approximate surface area is 104 Å². The monoisotopic (exact) mass is 250 g/mol. The minimum Gasteiger partial charge on any atom is -0.494 e. The fraction of sp³-hybridized carbons (Fsp3) is 0.333. The van der Waals surface area contributed by atoms with Gasteiger partial charge in [0.25, 0.3) is 0 Å². The van der Waals surface area contributed by atoms with Gasteiger partial charge in [-0.05, 0) is 24.6 Å². The predicted molar refractivity (Wildman–Crippen MR) is 64.6 cm³/mol. The standard InChI is InChI=1S/C12H15FN4O/c1-8(14-6-12-15-7-16-17-12)9-3-4-11(18-2)10(13)5-9/h3-5,7-8,14H,6H2,1-2H3,(H,15,16,17). The molecule has 0 aliphatic heterocycles.